The van der Waals surface area contributed by atoms with Crippen LogP contribution in [0.5, 0.6) is 11.5 Å². The van der Waals surface area contributed by atoms with Gasteiger partial charge in [-0.25, -0.2) is 13.8 Å². The third kappa shape index (κ3) is 6.28. The number of nitrogens with one attached hydrogen (secondary N) is 2. The molecule has 3 heterocycles. The van der Waals surface area contributed by atoms with Crippen LogP contribution in [0, 0.1) is 11.6 Å². The van der Waals surface area contributed by atoms with E-state index in [1.165, 1.54) is 26.5 Å². The van der Waals surface area contributed by atoms with Crippen LogP contribution in [0.4, 0.5) is 37.3 Å². The van der Waals surface area contributed by atoms with Crippen molar-refractivity contribution < 1.29 is 32.6 Å². The molecule has 244 valence electrons. The number of nitrogens with zero attached hydrogens (tertiary/aromatic N) is 4. The SMILES string of the molecule is C=CC(=O)Nc1cc(N2CCN(CC)CC2)ccc1Nc1cc2c(N(C)C)c(C(O)c3c(F)c(OC)cc(OC)c3F)oc2cn1. The summed E-state index contributed by atoms with van der Waals surface area (Å²) in [5, 5.41) is 18.0. The van der Waals surface area contributed by atoms with Crippen molar-refractivity contribution in [1.29, 1.82) is 0 Å². The number of aliphatic hydroxyl groups is 1. The highest BCUT2D eigenvalue weighted by Gasteiger charge is 2.32. The molecule has 11 nitrogen and oxygen atoms in total. The molecule has 0 spiro atoms. The molecule has 1 unspecified atom stereocenters. The third-order valence-electron chi connectivity index (χ3n) is 8.05. The number of furan rings is 1. The summed E-state index contributed by atoms with van der Waals surface area (Å²) >= 11 is 0. The van der Waals surface area contributed by atoms with Crippen LogP contribution < -0.4 is 29.9 Å². The molecule has 1 aliphatic rings. The van der Waals surface area contributed by atoms with Crippen LogP contribution in [0.3, 0.4) is 0 Å². The molecule has 1 fully saturated rings. The molecule has 13 heteroatoms. The molecule has 1 atom stereocenters. The number of methoxy groups -OCH3 is 2. The number of carbonyl (C=O) groups excluding carboxylic acids is 1. The summed E-state index contributed by atoms with van der Waals surface area (Å²) in [6.45, 7) is 10.4. The van der Waals surface area contributed by atoms with E-state index in [1.807, 2.05) is 18.2 Å². The molecule has 1 aliphatic heterocycles. The first-order valence-corrected chi connectivity index (χ1v) is 14.8. The molecule has 2 aromatic carbocycles. The second-order valence-electron chi connectivity index (χ2n) is 11.0. The minimum atomic E-state index is -1.85. The van der Waals surface area contributed by atoms with Gasteiger partial charge in [0.1, 0.15) is 11.9 Å². The van der Waals surface area contributed by atoms with Gasteiger partial charge in [0.05, 0.1) is 43.0 Å². The maximum atomic E-state index is 15.3. The first kappa shape index (κ1) is 32.5. The van der Waals surface area contributed by atoms with Gasteiger partial charge in [0.2, 0.25) is 5.91 Å². The number of carbonyl (C=O) groups is 1. The van der Waals surface area contributed by atoms with Gasteiger partial charge < -0.3 is 44.3 Å². The fourth-order valence-electron chi connectivity index (χ4n) is 5.58. The Bertz CT molecular complexity index is 1720. The van der Waals surface area contributed by atoms with Crippen molar-refractivity contribution in [1.82, 2.24) is 9.88 Å². The lowest BCUT2D eigenvalue weighted by molar-refractivity contribution is -0.111. The lowest BCUT2D eigenvalue weighted by Crippen LogP contribution is -2.46. The topological polar surface area (TPSA) is 116 Å². The number of amides is 1. The molecule has 4 aromatic rings. The largest absolute Gasteiger partial charge is 0.494 e. The number of halogens is 2. The number of hydrogen-bond acceptors (Lipinski definition) is 10. The van der Waals surface area contributed by atoms with Crippen LogP contribution in [0.2, 0.25) is 0 Å². The monoisotopic (exact) mass is 636 g/mol. The summed E-state index contributed by atoms with van der Waals surface area (Å²) < 4.78 is 46.7. The number of rotatable bonds is 11. The van der Waals surface area contributed by atoms with Crippen LogP contribution in [0.1, 0.15) is 24.4 Å². The van der Waals surface area contributed by atoms with Gasteiger partial charge in [0, 0.05) is 57.4 Å². The Hall–Kier alpha value is -4.88. The van der Waals surface area contributed by atoms with Crippen LogP contribution in [-0.4, -0.2) is 81.9 Å². The minimum Gasteiger partial charge on any atom is -0.494 e. The average molecular weight is 637 g/mol. The Kier molecular flexibility index (Phi) is 9.63. The van der Waals surface area contributed by atoms with E-state index in [1.54, 1.807) is 25.1 Å². The standard InChI is InChI=1S/C33H38F2N6O5/c1-7-27(42)38-22-15-19(41-13-11-40(8-2)12-14-41)9-10-21(22)37-26-16-20-25(18-36-26)46-33(31(20)39(3)4)32(43)28-29(34)23(44-5)17-24(45-6)30(28)35/h7,9-10,15-18,32,43H,1,8,11-14H2,2-6H3,(H,36,37)(H,38,42). The van der Waals surface area contributed by atoms with E-state index < -0.39 is 23.3 Å². The van der Waals surface area contributed by atoms with Crippen molar-refractivity contribution in [3.8, 4) is 11.5 Å². The zero-order chi connectivity index (χ0) is 33.1. The minimum absolute atomic E-state index is 0.0986. The van der Waals surface area contributed by atoms with Gasteiger partial charge in [-0.2, -0.15) is 0 Å². The van der Waals surface area contributed by atoms with Crippen molar-refractivity contribution in [2.24, 2.45) is 0 Å². The van der Waals surface area contributed by atoms with E-state index in [-0.39, 0.29) is 28.7 Å². The summed E-state index contributed by atoms with van der Waals surface area (Å²) in [5.41, 5.74) is 2.08. The molecule has 0 radical (unpaired) electrons. The van der Waals surface area contributed by atoms with Crippen LogP contribution in [-0.2, 0) is 4.79 Å². The second kappa shape index (κ2) is 13.6. The number of anilines is 5. The van der Waals surface area contributed by atoms with Gasteiger partial charge in [-0.1, -0.05) is 13.5 Å². The van der Waals surface area contributed by atoms with E-state index >= 15 is 8.78 Å². The van der Waals surface area contributed by atoms with Gasteiger partial charge in [0.15, 0.2) is 34.5 Å². The molecule has 3 N–H and O–H groups in total. The number of hydrogen-bond donors (Lipinski definition) is 3. The quantitative estimate of drug-likeness (QED) is 0.188. The third-order valence-corrected chi connectivity index (χ3v) is 8.05. The predicted molar refractivity (Wildman–Crippen MR) is 175 cm³/mol. The number of aromatic nitrogens is 1. The van der Waals surface area contributed by atoms with Crippen molar-refractivity contribution >= 4 is 45.4 Å². The zero-order valence-electron chi connectivity index (χ0n) is 26.5. The highest BCUT2D eigenvalue weighted by Crippen LogP contribution is 2.43. The number of pyridine rings is 1. The van der Waals surface area contributed by atoms with Gasteiger partial charge in [-0.05, 0) is 36.9 Å². The average Bonchev–Trinajstić information content (AvgIpc) is 3.45. The highest BCUT2D eigenvalue weighted by molar-refractivity contribution is 6.02. The number of likely N-dealkylation sites (N-methyl/N-ethyl adjacent to an activating group) is 1. The van der Waals surface area contributed by atoms with E-state index in [9.17, 15) is 9.90 Å². The summed E-state index contributed by atoms with van der Waals surface area (Å²) in [7, 11) is 5.89. The maximum absolute atomic E-state index is 15.3. The molecule has 0 saturated carbocycles. The summed E-state index contributed by atoms with van der Waals surface area (Å²) in [6.07, 6.45) is 0.799. The Morgan fingerprint density at radius 3 is 2.37 bits per heavy atom. The molecule has 5 rings (SSSR count). The number of ether oxygens (including phenoxy) is 2. The Morgan fingerprint density at radius 2 is 1.78 bits per heavy atom. The van der Waals surface area contributed by atoms with E-state index in [0.29, 0.717) is 28.3 Å². The number of aliphatic hydroxyl groups excluding tert-OH is 1. The highest BCUT2D eigenvalue weighted by atomic mass is 19.1. The Morgan fingerprint density at radius 1 is 1.11 bits per heavy atom. The molecule has 0 aliphatic carbocycles. The fraction of sp³-hybridized carbons (Fsp3) is 0.333. The normalized spacial score (nSPS) is 14.2. The molecule has 2 aromatic heterocycles. The number of fused-ring (bicyclic) bond motifs is 1. The molecule has 1 saturated heterocycles. The van der Waals surface area contributed by atoms with Crippen molar-refractivity contribution in [3.63, 3.8) is 0 Å². The van der Waals surface area contributed by atoms with E-state index in [2.05, 4.69) is 38.9 Å². The first-order valence-electron chi connectivity index (χ1n) is 14.8. The smallest absolute Gasteiger partial charge is 0.247 e. The molecule has 0 bridgehead atoms. The predicted octanol–water partition coefficient (Wildman–Crippen LogP) is 5.28. The van der Waals surface area contributed by atoms with Gasteiger partial charge in [-0.15, -0.1) is 0 Å². The molecule has 46 heavy (non-hydrogen) atoms. The summed E-state index contributed by atoms with van der Waals surface area (Å²) in [5.74, 6) is -2.81. The lowest BCUT2D eigenvalue weighted by Gasteiger charge is -2.35. The Balaban J connectivity index is 1.52. The number of piperazine rings is 1. The van der Waals surface area contributed by atoms with E-state index in [0.717, 1.165) is 44.5 Å². The molecule has 1 amide bonds. The second-order valence-corrected chi connectivity index (χ2v) is 11.0. The first-order chi connectivity index (χ1) is 22.1. The van der Waals surface area contributed by atoms with Gasteiger partial charge in [-0.3, -0.25) is 4.79 Å². The van der Waals surface area contributed by atoms with Crippen molar-refractivity contribution in [3.05, 3.63) is 72.1 Å². The van der Waals surface area contributed by atoms with Crippen LogP contribution >= 0.6 is 0 Å². The number of benzene rings is 2. The van der Waals surface area contributed by atoms with E-state index in [4.69, 9.17) is 13.9 Å². The van der Waals surface area contributed by atoms with Gasteiger partial charge in [0.25, 0.3) is 0 Å². The molecular formula is C33H38F2N6O5. The maximum Gasteiger partial charge on any atom is 0.247 e. The van der Waals surface area contributed by atoms with Crippen LogP contribution in [0.15, 0.2) is 53.6 Å². The molecular weight excluding hydrogens is 598 g/mol. The summed E-state index contributed by atoms with van der Waals surface area (Å²) in [4.78, 5) is 23.2. The van der Waals surface area contributed by atoms with Crippen LogP contribution in [0.25, 0.3) is 11.0 Å². The zero-order valence-corrected chi connectivity index (χ0v) is 26.5. The van der Waals surface area contributed by atoms with Crippen molar-refractivity contribution in [2.45, 2.75) is 13.0 Å². The lowest BCUT2D eigenvalue weighted by atomic mass is 10.0. The Labute approximate surface area is 266 Å². The van der Waals surface area contributed by atoms with Gasteiger partial charge >= 0.3 is 0 Å². The van der Waals surface area contributed by atoms with Crippen molar-refractivity contribution in [2.75, 3.05) is 81.5 Å². The summed E-state index contributed by atoms with van der Waals surface area (Å²) in [6, 6.07) is 8.52. The fourth-order valence-corrected chi connectivity index (χ4v) is 5.58.